The van der Waals surface area contributed by atoms with Crippen LogP contribution in [0, 0.1) is 11.3 Å². The Hall–Kier alpha value is -0.340. The van der Waals surface area contributed by atoms with Gasteiger partial charge in [-0.05, 0) is 31.4 Å². The number of halogens is 1. The second-order valence-corrected chi connectivity index (χ2v) is 8.44. The van der Waals surface area contributed by atoms with E-state index in [1.165, 1.54) is 22.6 Å². The van der Waals surface area contributed by atoms with Crippen LogP contribution in [0.15, 0.2) is 17.1 Å². The minimum absolute atomic E-state index is 0. The largest absolute Gasteiger partial charge is 0.377 e. The summed E-state index contributed by atoms with van der Waals surface area (Å²) in [6.07, 6.45) is 3.94. The molecule has 2 N–H and O–H groups in total. The summed E-state index contributed by atoms with van der Waals surface area (Å²) in [6, 6.07) is 4.87. The van der Waals surface area contributed by atoms with Crippen molar-refractivity contribution in [1.82, 2.24) is 10.6 Å². The SMILES string of the molecule is CCc1ccc(CNC(=NC)NC2C3CCCOC3C2(C)C)s1.I. The number of aliphatic imine (C=N–C) groups is 1. The zero-order valence-electron chi connectivity index (χ0n) is 15.1. The van der Waals surface area contributed by atoms with Crippen molar-refractivity contribution in [3.8, 4) is 0 Å². The highest BCUT2D eigenvalue weighted by Gasteiger charge is 2.58. The molecule has 2 aliphatic rings. The molecule has 1 saturated carbocycles. The number of hydrogen-bond acceptors (Lipinski definition) is 3. The van der Waals surface area contributed by atoms with Crippen molar-refractivity contribution in [2.75, 3.05) is 13.7 Å². The maximum atomic E-state index is 5.98. The van der Waals surface area contributed by atoms with Crippen molar-refractivity contribution in [3.05, 3.63) is 21.9 Å². The molecule has 0 amide bonds. The van der Waals surface area contributed by atoms with Gasteiger partial charge in [0, 0.05) is 40.8 Å². The lowest BCUT2D eigenvalue weighted by Gasteiger charge is -2.60. The zero-order chi connectivity index (χ0) is 16.4. The van der Waals surface area contributed by atoms with Gasteiger partial charge in [0.1, 0.15) is 0 Å². The third-order valence-electron chi connectivity index (χ3n) is 5.34. The molecule has 3 unspecified atom stereocenters. The Morgan fingerprint density at radius 1 is 1.38 bits per heavy atom. The van der Waals surface area contributed by atoms with Gasteiger partial charge < -0.3 is 15.4 Å². The lowest BCUT2D eigenvalue weighted by molar-refractivity contribution is -0.188. The second-order valence-electron chi connectivity index (χ2n) is 7.19. The van der Waals surface area contributed by atoms with E-state index in [0.717, 1.165) is 25.5 Å². The van der Waals surface area contributed by atoms with Gasteiger partial charge in [-0.15, -0.1) is 35.3 Å². The average molecular weight is 463 g/mol. The molecule has 6 heteroatoms. The number of guanidine groups is 1. The Kier molecular flexibility index (Phi) is 6.96. The highest BCUT2D eigenvalue weighted by Crippen LogP contribution is 2.51. The van der Waals surface area contributed by atoms with E-state index >= 15 is 0 Å². The molecule has 3 atom stereocenters. The topological polar surface area (TPSA) is 45.7 Å². The van der Waals surface area contributed by atoms with Crippen LogP contribution in [0.5, 0.6) is 0 Å². The number of fused-ring (bicyclic) bond motifs is 1. The molecule has 2 fully saturated rings. The number of nitrogens with zero attached hydrogens (tertiary/aromatic N) is 1. The van der Waals surface area contributed by atoms with Gasteiger partial charge in [-0.3, -0.25) is 4.99 Å². The third-order valence-corrected chi connectivity index (χ3v) is 6.57. The lowest BCUT2D eigenvalue weighted by Crippen LogP contribution is -2.70. The van der Waals surface area contributed by atoms with E-state index in [1.54, 1.807) is 0 Å². The maximum absolute atomic E-state index is 5.98. The molecule has 3 rings (SSSR count). The molecule has 0 radical (unpaired) electrons. The van der Waals surface area contributed by atoms with Crippen LogP contribution in [0.2, 0.25) is 0 Å². The normalized spacial score (nSPS) is 28.3. The number of ether oxygens (including phenoxy) is 1. The van der Waals surface area contributed by atoms with Gasteiger partial charge >= 0.3 is 0 Å². The van der Waals surface area contributed by atoms with Gasteiger partial charge in [-0.25, -0.2) is 0 Å². The Balaban J connectivity index is 0.00000208. The summed E-state index contributed by atoms with van der Waals surface area (Å²) in [5, 5.41) is 7.11. The number of thiophene rings is 1. The van der Waals surface area contributed by atoms with Gasteiger partial charge in [-0.2, -0.15) is 0 Å². The second kappa shape index (κ2) is 8.36. The van der Waals surface area contributed by atoms with Gasteiger partial charge in [0.15, 0.2) is 5.96 Å². The van der Waals surface area contributed by atoms with Crippen LogP contribution in [-0.2, 0) is 17.7 Å². The number of rotatable bonds is 4. The van der Waals surface area contributed by atoms with Crippen molar-refractivity contribution >= 4 is 41.3 Å². The number of hydrogen-bond donors (Lipinski definition) is 2. The molecule has 1 aromatic rings. The van der Waals surface area contributed by atoms with Crippen molar-refractivity contribution < 1.29 is 4.74 Å². The molecular formula is C18H30IN3OS. The molecule has 136 valence electrons. The molecule has 0 spiro atoms. The van der Waals surface area contributed by atoms with Crippen LogP contribution in [0.3, 0.4) is 0 Å². The maximum Gasteiger partial charge on any atom is 0.191 e. The molecule has 0 bridgehead atoms. The van der Waals surface area contributed by atoms with Crippen LogP contribution in [-0.4, -0.2) is 31.8 Å². The molecule has 4 nitrogen and oxygen atoms in total. The Morgan fingerprint density at radius 2 is 2.12 bits per heavy atom. The standard InChI is InChI=1S/C18H29N3OS.HI/c1-5-12-8-9-13(23-12)11-20-17(19-4)21-15-14-7-6-10-22-16(14)18(15,2)3;/h8-9,14-16H,5-7,10-11H2,1-4H3,(H2,19,20,21);1H. The fourth-order valence-electron chi connectivity index (χ4n) is 4.04. The van der Waals surface area contributed by atoms with E-state index in [1.807, 2.05) is 18.4 Å². The summed E-state index contributed by atoms with van der Waals surface area (Å²) in [5.41, 5.74) is 0.168. The van der Waals surface area contributed by atoms with E-state index in [-0.39, 0.29) is 29.4 Å². The Labute approximate surface area is 166 Å². The van der Waals surface area contributed by atoms with Crippen LogP contribution in [0.25, 0.3) is 0 Å². The van der Waals surface area contributed by atoms with Crippen molar-refractivity contribution in [1.29, 1.82) is 0 Å². The predicted octanol–water partition coefficient (Wildman–Crippen LogP) is 3.80. The summed E-state index contributed by atoms with van der Waals surface area (Å²) in [5.74, 6) is 1.52. The Morgan fingerprint density at radius 3 is 2.79 bits per heavy atom. The molecule has 2 heterocycles. The zero-order valence-corrected chi connectivity index (χ0v) is 18.2. The summed E-state index contributed by atoms with van der Waals surface area (Å²) in [4.78, 5) is 7.21. The van der Waals surface area contributed by atoms with Crippen molar-refractivity contribution in [2.45, 2.75) is 58.7 Å². The monoisotopic (exact) mass is 463 g/mol. The molecule has 1 aliphatic carbocycles. The molecule has 24 heavy (non-hydrogen) atoms. The molecular weight excluding hydrogens is 433 g/mol. The highest BCUT2D eigenvalue weighted by atomic mass is 127. The van der Waals surface area contributed by atoms with Crippen LogP contribution < -0.4 is 10.6 Å². The van der Waals surface area contributed by atoms with Gasteiger partial charge in [0.25, 0.3) is 0 Å². The first-order valence-corrected chi connectivity index (χ1v) is 9.54. The molecule has 1 aliphatic heterocycles. The number of aryl methyl sites for hydroxylation is 1. The molecule has 1 aromatic heterocycles. The summed E-state index contributed by atoms with van der Waals surface area (Å²) < 4.78 is 5.98. The Bertz CT molecular complexity index is 572. The van der Waals surface area contributed by atoms with E-state index in [0.29, 0.717) is 18.1 Å². The number of nitrogens with one attached hydrogen (secondary N) is 2. The molecule has 0 aromatic carbocycles. The van der Waals surface area contributed by atoms with E-state index in [4.69, 9.17) is 4.74 Å². The minimum atomic E-state index is 0. The minimum Gasteiger partial charge on any atom is -0.377 e. The lowest BCUT2D eigenvalue weighted by atomic mass is 9.55. The van der Waals surface area contributed by atoms with Crippen LogP contribution in [0.1, 0.15) is 43.4 Å². The highest BCUT2D eigenvalue weighted by molar-refractivity contribution is 14.0. The predicted molar refractivity (Wildman–Crippen MR) is 112 cm³/mol. The third kappa shape index (κ3) is 3.90. The fraction of sp³-hybridized carbons (Fsp3) is 0.722. The first-order valence-electron chi connectivity index (χ1n) is 8.72. The quantitative estimate of drug-likeness (QED) is 0.406. The van der Waals surface area contributed by atoms with Crippen LogP contribution in [0.4, 0.5) is 0 Å². The first-order chi connectivity index (χ1) is 11.1. The summed E-state index contributed by atoms with van der Waals surface area (Å²) in [6.45, 7) is 8.56. The van der Waals surface area contributed by atoms with Gasteiger partial charge in [-0.1, -0.05) is 20.8 Å². The summed E-state index contributed by atoms with van der Waals surface area (Å²) in [7, 11) is 1.85. The summed E-state index contributed by atoms with van der Waals surface area (Å²) >= 11 is 1.88. The smallest absolute Gasteiger partial charge is 0.191 e. The average Bonchev–Trinajstić information content (AvgIpc) is 3.03. The van der Waals surface area contributed by atoms with E-state index < -0.39 is 0 Å². The molecule has 1 saturated heterocycles. The first kappa shape index (κ1) is 20.0. The van der Waals surface area contributed by atoms with Gasteiger partial charge in [0.05, 0.1) is 12.6 Å². The van der Waals surface area contributed by atoms with E-state index in [2.05, 4.69) is 48.5 Å². The van der Waals surface area contributed by atoms with Crippen molar-refractivity contribution in [2.24, 2.45) is 16.3 Å². The van der Waals surface area contributed by atoms with Crippen molar-refractivity contribution in [3.63, 3.8) is 0 Å². The van der Waals surface area contributed by atoms with Crippen LogP contribution >= 0.6 is 35.3 Å². The van der Waals surface area contributed by atoms with E-state index in [9.17, 15) is 0 Å². The fourth-order valence-corrected chi connectivity index (χ4v) is 4.93. The van der Waals surface area contributed by atoms with Gasteiger partial charge in [0.2, 0.25) is 0 Å².